The van der Waals surface area contributed by atoms with Gasteiger partial charge in [0.1, 0.15) is 11.4 Å². The van der Waals surface area contributed by atoms with Gasteiger partial charge >= 0.3 is 0 Å². The van der Waals surface area contributed by atoms with Crippen molar-refractivity contribution in [1.29, 1.82) is 0 Å². The number of hydrogen-bond donors (Lipinski definition) is 1. The van der Waals surface area contributed by atoms with Crippen molar-refractivity contribution in [3.63, 3.8) is 0 Å². The lowest BCUT2D eigenvalue weighted by Crippen LogP contribution is -2.22. The molecule has 7 rings (SSSR count). The predicted molar refractivity (Wildman–Crippen MR) is 192 cm³/mol. The van der Waals surface area contributed by atoms with Crippen molar-refractivity contribution < 1.29 is 17.7 Å². The van der Waals surface area contributed by atoms with Crippen LogP contribution < -0.4 is 4.74 Å². The average molecular weight is 639 g/mol. The summed E-state index contributed by atoms with van der Waals surface area (Å²) in [5.74, 6) is 0.891. The Morgan fingerprint density at radius 3 is 1.72 bits per heavy atom. The third-order valence-corrected chi connectivity index (χ3v) is 9.01. The Kier molecular flexibility index (Phi) is 8.87. The second kappa shape index (κ2) is 13.0. The van der Waals surface area contributed by atoms with E-state index in [2.05, 4.69) is 136 Å². The monoisotopic (exact) mass is 638 g/mol. The van der Waals surface area contributed by atoms with Gasteiger partial charge in [-0.15, -0.1) is 0 Å². The second-order valence-electron chi connectivity index (χ2n) is 12.8. The molecule has 47 heavy (non-hydrogen) atoms. The zero-order valence-electron chi connectivity index (χ0n) is 27.1. The van der Waals surface area contributed by atoms with E-state index in [9.17, 15) is 8.42 Å². The van der Waals surface area contributed by atoms with Crippen molar-refractivity contribution in [2.45, 2.75) is 44.6 Å². The number of fused-ring (bicyclic) bond motifs is 3. The summed E-state index contributed by atoms with van der Waals surface area (Å²) in [5.41, 5.74) is 13.8. The molecular weight excluding hydrogens is 601 g/mol. The van der Waals surface area contributed by atoms with Crippen molar-refractivity contribution in [1.82, 2.24) is 0 Å². The number of rotatable bonds is 5. The third-order valence-electron chi connectivity index (χ3n) is 8.14. The quantitative estimate of drug-likeness (QED) is 0.191. The fourth-order valence-electron chi connectivity index (χ4n) is 6.10. The number of hydrogen-bond acceptors (Lipinski definition) is 3. The summed E-state index contributed by atoms with van der Waals surface area (Å²) in [4.78, 5) is -0.0666. The molecule has 1 aliphatic carbocycles. The van der Waals surface area contributed by atoms with Crippen molar-refractivity contribution in [3.8, 4) is 50.3 Å². The minimum absolute atomic E-state index is 0.0666. The van der Waals surface area contributed by atoms with Gasteiger partial charge in [-0.3, -0.25) is 4.55 Å². The lowest BCUT2D eigenvalue weighted by Gasteiger charge is -2.23. The van der Waals surface area contributed by atoms with E-state index in [1.165, 1.54) is 67.8 Å². The highest BCUT2D eigenvalue weighted by Crippen LogP contribution is 2.50. The Bertz CT molecular complexity index is 2110. The average Bonchev–Trinajstić information content (AvgIpc) is 3.43. The van der Waals surface area contributed by atoms with Crippen molar-refractivity contribution in [2.24, 2.45) is 0 Å². The van der Waals surface area contributed by atoms with Crippen LogP contribution in [0.4, 0.5) is 0 Å². The highest BCUT2D eigenvalue weighted by atomic mass is 32.2. The first-order valence-electron chi connectivity index (χ1n) is 15.7. The molecule has 0 saturated carbocycles. The summed E-state index contributed by atoms with van der Waals surface area (Å²) in [5, 5.41) is 0. The first-order valence-corrected chi connectivity index (χ1v) is 17.1. The first-order chi connectivity index (χ1) is 22.5. The van der Waals surface area contributed by atoms with E-state index < -0.39 is 10.1 Å². The van der Waals surface area contributed by atoms with Crippen molar-refractivity contribution in [3.05, 3.63) is 156 Å². The Balaban J connectivity index is 0.000000300. The maximum Gasteiger partial charge on any atom is 0.294 e. The standard InChI is InChI=1S/C35H30O.C7H8O3S/c1-35(2,3)36-28-20-18-24(19-21-28)30-23-31-29-17-11-10-16-27(29)22-32(31)34(26-14-8-5-9-15-26)33(30)25-12-6-4-7-13-25;1-6-2-4-7(5-3-6)11(8,9)10/h4-21,23H,22H2,1-3H3;2-5H,1H3,(H,8,9,10). The normalized spacial score (nSPS) is 12.0. The molecule has 6 aromatic carbocycles. The summed E-state index contributed by atoms with van der Waals surface area (Å²) in [6.45, 7) is 8.09. The maximum absolute atomic E-state index is 10.5. The van der Waals surface area contributed by atoms with Crippen LogP contribution in [-0.4, -0.2) is 18.6 Å². The van der Waals surface area contributed by atoms with Gasteiger partial charge in [-0.25, -0.2) is 0 Å². The molecule has 0 aliphatic heterocycles. The molecule has 0 atom stereocenters. The Morgan fingerprint density at radius 1 is 0.596 bits per heavy atom. The minimum Gasteiger partial charge on any atom is -0.488 e. The molecule has 1 N–H and O–H groups in total. The van der Waals surface area contributed by atoms with Crippen LogP contribution in [0.2, 0.25) is 0 Å². The van der Waals surface area contributed by atoms with Crippen LogP contribution in [0.15, 0.2) is 144 Å². The highest BCUT2D eigenvalue weighted by Gasteiger charge is 2.27. The summed E-state index contributed by atoms with van der Waals surface area (Å²) >= 11 is 0. The molecule has 1 aliphatic rings. The molecule has 0 radical (unpaired) electrons. The summed E-state index contributed by atoms with van der Waals surface area (Å²) in [6.07, 6.45) is 0.953. The van der Waals surface area contributed by atoms with Gasteiger partial charge in [0, 0.05) is 0 Å². The van der Waals surface area contributed by atoms with Crippen LogP contribution in [0, 0.1) is 6.92 Å². The van der Waals surface area contributed by atoms with E-state index in [0.717, 1.165) is 17.7 Å². The minimum atomic E-state index is -4.02. The molecule has 0 saturated heterocycles. The molecule has 236 valence electrons. The molecule has 4 nitrogen and oxygen atoms in total. The molecule has 6 aromatic rings. The Morgan fingerprint density at radius 2 is 1.15 bits per heavy atom. The van der Waals surface area contributed by atoms with Gasteiger partial charge in [0.2, 0.25) is 0 Å². The summed E-state index contributed by atoms with van der Waals surface area (Å²) in [7, 11) is -4.02. The van der Waals surface area contributed by atoms with Crippen LogP contribution in [-0.2, 0) is 16.5 Å². The van der Waals surface area contributed by atoms with E-state index in [-0.39, 0.29) is 10.5 Å². The smallest absolute Gasteiger partial charge is 0.294 e. The number of benzene rings is 6. The van der Waals surface area contributed by atoms with Crippen LogP contribution in [0.25, 0.3) is 44.5 Å². The molecule has 0 fully saturated rings. The van der Waals surface area contributed by atoms with Gasteiger partial charge in [-0.1, -0.05) is 115 Å². The molecule has 0 bridgehead atoms. The van der Waals surface area contributed by atoms with Gasteiger partial charge in [0.05, 0.1) is 4.90 Å². The van der Waals surface area contributed by atoms with Gasteiger partial charge in [-0.2, -0.15) is 8.42 Å². The zero-order chi connectivity index (χ0) is 33.2. The van der Waals surface area contributed by atoms with Crippen LogP contribution in [0.3, 0.4) is 0 Å². The zero-order valence-corrected chi connectivity index (χ0v) is 27.9. The van der Waals surface area contributed by atoms with E-state index in [1.54, 1.807) is 12.1 Å². The molecule has 5 heteroatoms. The second-order valence-corrected chi connectivity index (χ2v) is 14.2. The van der Waals surface area contributed by atoms with E-state index in [4.69, 9.17) is 9.29 Å². The molecule has 0 amide bonds. The SMILES string of the molecule is CC(C)(C)Oc1ccc(-c2cc3c(c(-c4ccccc4)c2-c2ccccc2)Cc2ccccc2-3)cc1.Cc1ccc(S(=O)(=O)O)cc1. The predicted octanol–water partition coefficient (Wildman–Crippen LogP) is 10.7. The maximum atomic E-state index is 10.5. The van der Waals surface area contributed by atoms with E-state index >= 15 is 0 Å². The summed E-state index contributed by atoms with van der Waals surface area (Å²) in [6, 6.07) is 47.5. The van der Waals surface area contributed by atoms with Crippen LogP contribution >= 0.6 is 0 Å². The number of ether oxygens (including phenoxy) is 1. The first kappa shape index (κ1) is 32.0. The Hall–Kier alpha value is -4.97. The van der Waals surface area contributed by atoms with Gasteiger partial charge in [0.15, 0.2) is 0 Å². The molecule has 0 heterocycles. The van der Waals surface area contributed by atoms with E-state index in [1.807, 2.05) is 6.92 Å². The van der Waals surface area contributed by atoms with Crippen LogP contribution in [0.1, 0.15) is 37.5 Å². The highest BCUT2D eigenvalue weighted by molar-refractivity contribution is 7.85. The van der Waals surface area contributed by atoms with E-state index in [0.29, 0.717) is 0 Å². The van der Waals surface area contributed by atoms with Gasteiger partial charge in [-0.05, 0) is 120 Å². The lowest BCUT2D eigenvalue weighted by molar-refractivity contribution is 0.131. The van der Waals surface area contributed by atoms with Crippen LogP contribution in [0.5, 0.6) is 5.75 Å². The largest absolute Gasteiger partial charge is 0.488 e. The van der Waals surface area contributed by atoms with Gasteiger partial charge in [0.25, 0.3) is 10.1 Å². The van der Waals surface area contributed by atoms with Gasteiger partial charge < -0.3 is 4.74 Å². The molecule has 0 spiro atoms. The number of aryl methyl sites for hydroxylation is 1. The fourth-order valence-corrected chi connectivity index (χ4v) is 6.58. The third kappa shape index (κ3) is 7.22. The summed E-state index contributed by atoms with van der Waals surface area (Å²) < 4.78 is 35.7. The van der Waals surface area contributed by atoms with Crippen molar-refractivity contribution >= 4 is 10.1 Å². The fraction of sp³-hybridized carbons (Fsp3) is 0.143. The molecule has 0 aromatic heterocycles. The Labute approximate surface area is 278 Å². The topological polar surface area (TPSA) is 63.6 Å². The lowest BCUT2D eigenvalue weighted by atomic mass is 9.82. The molecule has 0 unspecified atom stereocenters. The van der Waals surface area contributed by atoms with Crippen molar-refractivity contribution in [2.75, 3.05) is 0 Å². The molecular formula is C42H38O4S.